The van der Waals surface area contributed by atoms with Gasteiger partial charge in [-0.2, -0.15) is 0 Å². The number of hydrogen-bond acceptors (Lipinski definition) is 0. The van der Waals surface area contributed by atoms with Crippen molar-refractivity contribution in [2.24, 2.45) is 47.3 Å². The monoisotopic (exact) mass is 198 g/mol. The van der Waals surface area contributed by atoms with Crippen LogP contribution in [0.25, 0.3) is 0 Å². The molecule has 0 heterocycles. The Bertz CT molecular complexity index is 377. The summed E-state index contributed by atoms with van der Waals surface area (Å²) in [5.41, 5.74) is 0. The molecule has 0 aliphatic heterocycles. The number of hydrogen-bond donors (Lipinski definition) is 0. The maximum absolute atomic E-state index is 2.57. The van der Waals surface area contributed by atoms with E-state index in [4.69, 9.17) is 0 Å². The van der Waals surface area contributed by atoms with Crippen molar-refractivity contribution in [3.8, 4) is 0 Å². The third-order valence-electron chi connectivity index (χ3n) is 6.42. The van der Waals surface area contributed by atoms with E-state index in [1.165, 1.54) is 12.8 Å². The zero-order chi connectivity index (χ0) is 9.57. The van der Waals surface area contributed by atoms with E-state index in [0.29, 0.717) is 0 Å². The van der Waals surface area contributed by atoms with Gasteiger partial charge in [-0.15, -0.1) is 0 Å². The van der Waals surface area contributed by atoms with Crippen LogP contribution in [0.15, 0.2) is 24.3 Å². The van der Waals surface area contributed by atoms with Gasteiger partial charge in [0.2, 0.25) is 0 Å². The highest BCUT2D eigenvalue weighted by Gasteiger charge is 2.64. The molecule has 5 aliphatic rings. The average Bonchev–Trinajstić information content (AvgIpc) is 3.03. The zero-order valence-electron chi connectivity index (χ0n) is 9.05. The molecular formula is C15H18. The summed E-state index contributed by atoms with van der Waals surface area (Å²) in [5.74, 6) is 8.48. The molecule has 78 valence electrons. The Morgan fingerprint density at radius 1 is 0.733 bits per heavy atom. The first-order valence-corrected chi connectivity index (χ1v) is 6.78. The first-order chi connectivity index (χ1) is 7.43. The van der Waals surface area contributed by atoms with Crippen LogP contribution in [0.4, 0.5) is 0 Å². The second kappa shape index (κ2) is 2.26. The zero-order valence-corrected chi connectivity index (χ0v) is 9.05. The van der Waals surface area contributed by atoms with E-state index in [1.54, 1.807) is 6.42 Å². The van der Waals surface area contributed by atoms with Crippen molar-refractivity contribution in [3.05, 3.63) is 24.3 Å². The lowest BCUT2D eigenvalue weighted by Gasteiger charge is -2.38. The normalized spacial score (nSPS) is 66.7. The first kappa shape index (κ1) is 7.70. The van der Waals surface area contributed by atoms with Crippen molar-refractivity contribution in [2.75, 3.05) is 0 Å². The topological polar surface area (TPSA) is 0 Å². The first-order valence-electron chi connectivity index (χ1n) is 6.78. The van der Waals surface area contributed by atoms with Gasteiger partial charge < -0.3 is 0 Å². The molecule has 0 radical (unpaired) electrons. The third-order valence-corrected chi connectivity index (χ3v) is 6.42. The molecule has 0 unspecified atom stereocenters. The Kier molecular flexibility index (Phi) is 1.16. The predicted octanol–water partition coefficient (Wildman–Crippen LogP) is 3.27. The second-order valence-corrected chi connectivity index (χ2v) is 6.57. The van der Waals surface area contributed by atoms with Crippen LogP contribution in [-0.2, 0) is 0 Å². The fourth-order valence-electron chi connectivity index (χ4n) is 6.22. The van der Waals surface area contributed by atoms with E-state index in [9.17, 15) is 0 Å². The van der Waals surface area contributed by atoms with Crippen molar-refractivity contribution in [1.29, 1.82) is 0 Å². The van der Waals surface area contributed by atoms with Gasteiger partial charge in [-0.25, -0.2) is 0 Å². The molecule has 0 aromatic carbocycles. The van der Waals surface area contributed by atoms with Gasteiger partial charge in [0.25, 0.3) is 0 Å². The van der Waals surface area contributed by atoms with Crippen molar-refractivity contribution in [3.63, 3.8) is 0 Å². The quantitative estimate of drug-likeness (QED) is 0.414. The van der Waals surface area contributed by atoms with E-state index >= 15 is 0 Å². The van der Waals surface area contributed by atoms with Crippen LogP contribution >= 0.6 is 0 Å². The van der Waals surface area contributed by atoms with E-state index in [-0.39, 0.29) is 0 Å². The Morgan fingerprint density at radius 2 is 1.53 bits per heavy atom. The summed E-state index contributed by atoms with van der Waals surface area (Å²) in [6.45, 7) is 0. The Labute approximate surface area is 91.4 Å². The molecule has 5 aliphatic carbocycles. The molecule has 0 spiro atoms. The summed E-state index contributed by atoms with van der Waals surface area (Å²) in [4.78, 5) is 0. The largest absolute Gasteiger partial charge is 0.0879 e. The second-order valence-electron chi connectivity index (χ2n) is 6.57. The molecule has 0 aromatic heterocycles. The number of rotatable bonds is 0. The van der Waals surface area contributed by atoms with E-state index < -0.39 is 0 Å². The third kappa shape index (κ3) is 0.697. The lowest BCUT2D eigenvalue weighted by molar-refractivity contribution is 0.121. The molecular weight excluding hydrogens is 180 g/mol. The van der Waals surface area contributed by atoms with Crippen LogP contribution < -0.4 is 0 Å². The van der Waals surface area contributed by atoms with Crippen LogP contribution in [-0.4, -0.2) is 0 Å². The van der Waals surface area contributed by atoms with Gasteiger partial charge >= 0.3 is 0 Å². The molecule has 15 heavy (non-hydrogen) atoms. The molecule has 3 fully saturated rings. The predicted molar refractivity (Wildman–Crippen MR) is 60.1 cm³/mol. The van der Waals surface area contributed by atoms with E-state index in [1.807, 2.05) is 0 Å². The Balaban J connectivity index is 1.63. The van der Waals surface area contributed by atoms with Crippen LogP contribution in [0.2, 0.25) is 0 Å². The summed E-state index contributed by atoms with van der Waals surface area (Å²) in [5, 5.41) is 0. The van der Waals surface area contributed by atoms with Crippen molar-refractivity contribution < 1.29 is 0 Å². The van der Waals surface area contributed by atoms with Gasteiger partial charge in [0.1, 0.15) is 0 Å². The molecule has 0 heteroatoms. The van der Waals surface area contributed by atoms with Gasteiger partial charge in [-0.1, -0.05) is 24.3 Å². The average molecular weight is 198 g/mol. The van der Waals surface area contributed by atoms with Crippen molar-refractivity contribution in [1.82, 2.24) is 0 Å². The van der Waals surface area contributed by atoms with Gasteiger partial charge in [0.15, 0.2) is 0 Å². The minimum absolute atomic E-state index is 0.991. The fourth-order valence-corrected chi connectivity index (χ4v) is 6.22. The van der Waals surface area contributed by atoms with Crippen LogP contribution in [0, 0.1) is 47.3 Å². The standard InChI is InChI=1S/C15H18/c1-2-10-11(3-1)13-7-12(10)14-8-4-5-9(6-8)15(13)14/h1-2,4-5,8-15H,3,6-7H2/t8-,9+,10+,11-,12+,13-,14-,15+/m1/s1. The van der Waals surface area contributed by atoms with Crippen LogP contribution in [0.1, 0.15) is 19.3 Å². The van der Waals surface area contributed by atoms with E-state index in [2.05, 4.69) is 24.3 Å². The van der Waals surface area contributed by atoms with E-state index in [0.717, 1.165) is 47.3 Å². The summed E-state index contributed by atoms with van der Waals surface area (Å²) < 4.78 is 0. The van der Waals surface area contributed by atoms with Gasteiger partial charge in [0.05, 0.1) is 0 Å². The SMILES string of the molecule is C1=C[C@H]2[C@@H](C1)[C@H]1C[C@@H]2[C@@H]2[C@H]1[C@H]1C=C[C@@H]2C1. The van der Waals surface area contributed by atoms with Gasteiger partial charge in [-0.05, 0) is 66.6 Å². The summed E-state index contributed by atoms with van der Waals surface area (Å²) in [6, 6.07) is 0. The molecule has 0 aromatic rings. The molecule has 0 nitrogen and oxygen atoms in total. The number of fused-ring (bicyclic) bond motifs is 12. The Morgan fingerprint density at radius 3 is 2.40 bits per heavy atom. The molecule has 0 amide bonds. The van der Waals surface area contributed by atoms with Gasteiger partial charge in [-0.3, -0.25) is 0 Å². The van der Waals surface area contributed by atoms with Crippen LogP contribution in [0.5, 0.6) is 0 Å². The molecule has 4 bridgehead atoms. The number of allylic oxidation sites excluding steroid dienone is 4. The van der Waals surface area contributed by atoms with Gasteiger partial charge in [0, 0.05) is 0 Å². The minimum Gasteiger partial charge on any atom is -0.0879 e. The minimum atomic E-state index is 0.991. The molecule has 8 atom stereocenters. The lowest BCUT2D eigenvalue weighted by Crippen LogP contribution is -2.34. The van der Waals surface area contributed by atoms with Crippen LogP contribution in [0.3, 0.4) is 0 Å². The highest BCUT2D eigenvalue weighted by molar-refractivity contribution is 5.25. The lowest BCUT2D eigenvalue weighted by atomic mass is 9.66. The summed E-state index contributed by atoms with van der Waals surface area (Å²) in [6.07, 6.45) is 14.7. The molecule has 0 N–H and O–H groups in total. The highest BCUT2D eigenvalue weighted by atomic mass is 14.7. The molecule has 3 saturated carbocycles. The molecule has 0 saturated heterocycles. The maximum Gasteiger partial charge on any atom is -0.0168 e. The smallest absolute Gasteiger partial charge is 0.0168 e. The maximum atomic E-state index is 2.57. The summed E-state index contributed by atoms with van der Waals surface area (Å²) in [7, 11) is 0. The Hall–Kier alpha value is -0.520. The van der Waals surface area contributed by atoms with Crippen molar-refractivity contribution in [2.45, 2.75) is 19.3 Å². The summed E-state index contributed by atoms with van der Waals surface area (Å²) >= 11 is 0. The fraction of sp³-hybridized carbons (Fsp3) is 0.733. The van der Waals surface area contributed by atoms with Crippen molar-refractivity contribution >= 4 is 0 Å². The molecule has 5 rings (SSSR count). The highest BCUT2D eigenvalue weighted by Crippen LogP contribution is 2.70.